The number of nitro groups is 1. The van der Waals surface area contributed by atoms with Gasteiger partial charge >= 0.3 is 0 Å². The van der Waals surface area contributed by atoms with Gasteiger partial charge < -0.3 is 5.32 Å². The van der Waals surface area contributed by atoms with Crippen LogP contribution in [0.2, 0.25) is 0 Å². The molecule has 0 atom stereocenters. The van der Waals surface area contributed by atoms with Gasteiger partial charge in [0, 0.05) is 23.4 Å². The van der Waals surface area contributed by atoms with E-state index in [-0.39, 0.29) is 11.5 Å². The maximum Gasteiger partial charge on any atom is 0.270 e. The second-order valence-corrected chi connectivity index (χ2v) is 7.57. The van der Waals surface area contributed by atoms with Gasteiger partial charge in [-0.15, -0.1) is 11.3 Å². The molecule has 5 nitrogen and oxygen atoms in total. The van der Waals surface area contributed by atoms with Gasteiger partial charge in [0.2, 0.25) is 5.78 Å². The average Bonchev–Trinajstić information content (AvgIpc) is 3.07. The second kappa shape index (κ2) is 7.32. The lowest BCUT2D eigenvalue weighted by Crippen LogP contribution is -2.07. The predicted molar refractivity (Wildman–Crippen MR) is 107 cm³/mol. The molecule has 0 radical (unpaired) electrons. The number of thiophene rings is 1. The van der Waals surface area contributed by atoms with Crippen molar-refractivity contribution in [3.05, 3.63) is 86.3 Å². The molecule has 1 aromatic heterocycles. The monoisotopic (exact) mass is 378 g/mol. The minimum atomic E-state index is -0.469. The number of fused-ring (bicyclic) bond motifs is 1. The summed E-state index contributed by atoms with van der Waals surface area (Å²) in [6.45, 7) is 0. The number of nitro benzene ring substituents is 1. The van der Waals surface area contributed by atoms with Crippen molar-refractivity contribution >= 4 is 33.5 Å². The molecule has 1 heterocycles. The second-order valence-electron chi connectivity index (χ2n) is 6.55. The fourth-order valence-electron chi connectivity index (χ4n) is 3.46. The van der Waals surface area contributed by atoms with Crippen LogP contribution in [0.25, 0.3) is 0 Å². The van der Waals surface area contributed by atoms with Crippen LogP contribution in [0.3, 0.4) is 0 Å². The van der Waals surface area contributed by atoms with E-state index in [0.29, 0.717) is 10.4 Å². The summed E-state index contributed by atoms with van der Waals surface area (Å²) >= 11 is 1.46. The van der Waals surface area contributed by atoms with E-state index in [0.717, 1.165) is 41.9 Å². The summed E-state index contributed by atoms with van der Waals surface area (Å²) in [5.74, 6) is -0.136. The molecule has 0 saturated heterocycles. The van der Waals surface area contributed by atoms with Crippen molar-refractivity contribution in [2.24, 2.45) is 0 Å². The predicted octanol–water partition coefficient (Wildman–Crippen LogP) is 5.51. The van der Waals surface area contributed by atoms with Gasteiger partial charge in [0.15, 0.2) is 0 Å². The van der Waals surface area contributed by atoms with Gasteiger partial charge in [0.25, 0.3) is 5.69 Å². The molecule has 2 aromatic carbocycles. The Balaban J connectivity index is 1.73. The lowest BCUT2D eigenvalue weighted by atomic mass is 9.91. The van der Waals surface area contributed by atoms with Crippen LogP contribution in [0.1, 0.15) is 39.2 Å². The minimum Gasteiger partial charge on any atom is -0.347 e. The number of nitrogens with one attached hydrogen (secondary N) is 1. The molecular formula is C21H18N2O3S. The molecule has 0 saturated carbocycles. The lowest BCUT2D eigenvalue weighted by Gasteiger charge is -2.14. The van der Waals surface area contributed by atoms with E-state index in [1.165, 1.54) is 29.0 Å². The Kier molecular flexibility index (Phi) is 4.73. The van der Waals surface area contributed by atoms with Crippen LogP contribution < -0.4 is 5.32 Å². The molecule has 0 bridgehead atoms. The smallest absolute Gasteiger partial charge is 0.270 e. The van der Waals surface area contributed by atoms with Gasteiger partial charge in [-0.2, -0.15) is 0 Å². The molecule has 0 aliphatic heterocycles. The van der Waals surface area contributed by atoms with Gasteiger partial charge in [-0.1, -0.05) is 30.3 Å². The van der Waals surface area contributed by atoms with Gasteiger partial charge in [-0.3, -0.25) is 14.9 Å². The van der Waals surface area contributed by atoms with Crippen LogP contribution in [0.4, 0.5) is 16.4 Å². The van der Waals surface area contributed by atoms with E-state index in [4.69, 9.17) is 0 Å². The Morgan fingerprint density at radius 2 is 1.74 bits per heavy atom. The number of benzene rings is 2. The molecule has 27 heavy (non-hydrogen) atoms. The molecule has 0 unspecified atom stereocenters. The van der Waals surface area contributed by atoms with Gasteiger partial charge in [0.05, 0.1) is 14.8 Å². The molecule has 4 rings (SSSR count). The third-order valence-electron chi connectivity index (χ3n) is 4.78. The minimum absolute atomic E-state index is 0.0612. The van der Waals surface area contributed by atoms with Crippen LogP contribution in [-0.2, 0) is 12.8 Å². The summed E-state index contributed by atoms with van der Waals surface area (Å²) in [4.78, 5) is 24.4. The summed E-state index contributed by atoms with van der Waals surface area (Å²) in [5.41, 5.74) is 3.60. The highest BCUT2D eigenvalue weighted by molar-refractivity contribution is 7.18. The lowest BCUT2D eigenvalue weighted by molar-refractivity contribution is -0.384. The quantitative estimate of drug-likeness (QED) is 0.361. The van der Waals surface area contributed by atoms with E-state index in [9.17, 15) is 14.9 Å². The zero-order valence-corrected chi connectivity index (χ0v) is 15.4. The number of nitrogens with zero attached hydrogens (tertiary/aromatic N) is 1. The maximum absolute atomic E-state index is 13.1. The Morgan fingerprint density at radius 1 is 1.00 bits per heavy atom. The molecule has 6 heteroatoms. The van der Waals surface area contributed by atoms with Crippen molar-refractivity contribution in [3.8, 4) is 0 Å². The number of hydrogen-bond donors (Lipinski definition) is 1. The van der Waals surface area contributed by atoms with Crippen LogP contribution in [0, 0.1) is 10.1 Å². The SMILES string of the molecule is O=C(c1cccc([N+](=O)[O-])c1)c1sc(Nc2ccccc2)c2c1CCCC2. The van der Waals surface area contributed by atoms with E-state index < -0.39 is 4.92 Å². The van der Waals surface area contributed by atoms with Crippen LogP contribution >= 0.6 is 11.3 Å². The third-order valence-corrected chi connectivity index (χ3v) is 5.97. The molecule has 1 aliphatic carbocycles. The maximum atomic E-state index is 13.1. The first-order chi connectivity index (χ1) is 13.1. The van der Waals surface area contributed by atoms with E-state index >= 15 is 0 Å². The van der Waals surface area contributed by atoms with Crippen molar-refractivity contribution < 1.29 is 9.72 Å². The third kappa shape index (κ3) is 3.48. The van der Waals surface area contributed by atoms with Crippen molar-refractivity contribution in [1.29, 1.82) is 0 Å². The molecule has 0 spiro atoms. The fraction of sp³-hybridized carbons (Fsp3) is 0.190. The first-order valence-corrected chi connectivity index (χ1v) is 9.71. The molecule has 136 valence electrons. The molecule has 0 amide bonds. The largest absolute Gasteiger partial charge is 0.347 e. The number of non-ortho nitro benzene ring substituents is 1. The Morgan fingerprint density at radius 3 is 2.48 bits per heavy atom. The van der Waals surface area contributed by atoms with Gasteiger partial charge in [-0.25, -0.2) is 0 Å². The van der Waals surface area contributed by atoms with Crippen molar-refractivity contribution in [2.45, 2.75) is 25.7 Å². The normalized spacial score (nSPS) is 13.0. The summed E-state index contributed by atoms with van der Waals surface area (Å²) in [6, 6.07) is 15.9. The molecule has 1 N–H and O–H groups in total. The molecular weight excluding hydrogens is 360 g/mol. The molecule has 3 aromatic rings. The average molecular weight is 378 g/mol. The summed E-state index contributed by atoms with van der Waals surface area (Å²) in [6.07, 6.45) is 3.99. The van der Waals surface area contributed by atoms with Crippen LogP contribution in [-0.4, -0.2) is 10.7 Å². The van der Waals surface area contributed by atoms with Crippen LogP contribution in [0.5, 0.6) is 0 Å². The van der Waals surface area contributed by atoms with Crippen molar-refractivity contribution in [3.63, 3.8) is 0 Å². The van der Waals surface area contributed by atoms with Gasteiger partial charge in [0.1, 0.15) is 0 Å². The summed E-state index contributed by atoms with van der Waals surface area (Å²) < 4.78 is 0. The fourth-order valence-corrected chi connectivity index (χ4v) is 4.74. The topological polar surface area (TPSA) is 72.2 Å². The number of hydrogen-bond acceptors (Lipinski definition) is 5. The number of rotatable bonds is 5. The Labute approximate surface area is 160 Å². The zero-order chi connectivity index (χ0) is 18.8. The summed E-state index contributed by atoms with van der Waals surface area (Å²) in [7, 11) is 0. The van der Waals surface area contributed by atoms with Crippen molar-refractivity contribution in [1.82, 2.24) is 0 Å². The highest BCUT2D eigenvalue weighted by Gasteiger charge is 2.26. The van der Waals surface area contributed by atoms with Gasteiger partial charge in [-0.05, 0) is 48.9 Å². The Hall–Kier alpha value is -2.99. The van der Waals surface area contributed by atoms with E-state index in [1.807, 2.05) is 30.3 Å². The standard InChI is InChI=1S/C21H18N2O3S/c24-19(14-7-6-10-16(13-14)23(25)26)20-17-11-4-5-12-18(17)21(27-20)22-15-8-2-1-3-9-15/h1-3,6-10,13,22H,4-5,11-12H2. The Bertz CT molecular complexity index is 1010. The number of para-hydroxylation sites is 1. The first-order valence-electron chi connectivity index (χ1n) is 8.89. The highest BCUT2D eigenvalue weighted by atomic mass is 32.1. The van der Waals surface area contributed by atoms with E-state index in [2.05, 4.69) is 5.32 Å². The number of anilines is 2. The number of carbonyl (C=O) groups is 1. The number of ketones is 1. The van der Waals surface area contributed by atoms with E-state index in [1.54, 1.807) is 12.1 Å². The molecule has 0 fully saturated rings. The van der Waals surface area contributed by atoms with Crippen molar-refractivity contribution in [2.75, 3.05) is 5.32 Å². The zero-order valence-electron chi connectivity index (χ0n) is 14.6. The highest BCUT2D eigenvalue weighted by Crippen LogP contribution is 2.40. The first kappa shape index (κ1) is 17.4. The van der Waals surface area contributed by atoms with Crippen LogP contribution in [0.15, 0.2) is 54.6 Å². The molecule has 1 aliphatic rings. The number of carbonyl (C=O) groups excluding carboxylic acids is 1. The summed E-state index contributed by atoms with van der Waals surface area (Å²) in [5, 5.41) is 15.5.